The third-order valence-electron chi connectivity index (χ3n) is 8.19. The molecule has 1 amide bonds. The molecule has 0 saturated heterocycles. The molecule has 0 spiro atoms. The number of amides is 1. The summed E-state index contributed by atoms with van der Waals surface area (Å²) in [7, 11) is 0. The molecule has 0 aliphatic heterocycles. The maximum atomic E-state index is 14.1. The topological polar surface area (TPSA) is 38.1 Å². The summed E-state index contributed by atoms with van der Waals surface area (Å²) in [4.78, 5) is 16.1. The van der Waals surface area contributed by atoms with Gasteiger partial charge in [-0.2, -0.15) is 5.10 Å². The third kappa shape index (κ3) is 4.26. The number of carbonyl (C=O) groups is 1. The summed E-state index contributed by atoms with van der Waals surface area (Å²) in [6.07, 6.45) is 8.96. The molecule has 2 atom stereocenters. The molecule has 1 aromatic heterocycles. The highest BCUT2D eigenvalue weighted by Gasteiger charge is 2.50. The van der Waals surface area contributed by atoms with Gasteiger partial charge in [-0.3, -0.25) is 4.79 Å². The molecule has 3 aliphatic carbocycles. The molecule has 7 heteroatoms. The molecule has 0 radical (unpaired) electrons. The van der Waals surface area contributed by atoms with E-state index in [1.54, 1.807) is 18.2 Å². The van der Waals surface area contributed by atoms with Crippen LogP contribution < -0.4 is 0 Å². The number of aromatic nitrogens is 2. The Balaban J connectivity index is 1.28. The van der Waals surface area contributed by atoms with Crippen LogP contribution in [0.2, 0.25) is 10.0 Å². The monoisotopic (exact) mass is 523 g/mol. The zero-order chi connectivity index (χ0) is 25.0. The van der Waals surface area contributed by atoms with Crippen molar-refractivity contribution in [1.82, 2.24) is 14.7 Å². The van der Waals surface area contributed by atoms with Gasteiger partial charge in [0, 0.05) is 34.5 Å². The van der Waals surface area contributed by atoms with E-state index in [4.69, 9.17) is 23.2 Å². The predicted molar refractivity (Wildman–Crippen MR) is 141 cm³/mol. The minimum atomic E-state index is -0.265. The van der Waals surface area contributed by atoms with E-state index in [1.165, 1.54) is 30.5 Å². The van der Waals surface area contributed by atoms with Crippen LogP contribution in [0, 0.1) is 23.1 Å². The normalized spacial score (nSPS) is 22.7. The van der Waals surface area contributed by atoms with Crippen molar-refractivity contribution in [1.29, 1.82) is 0 Å². The first-order chi connectivity index (χ1) is 17.3. The van der Waals surface area contributed by atoms with Gasteiger partial charge in [0.2, 0.25) is 5.91 Å². The van der Waals surface area contributed by atoms with Crippen molar-refractivity contribution in [2.24, 2.45) is 17.3 Å². The molecule has 4 nitrogen and oxygen atoms in total. The molecule has 2 aromatic carbocycles. The van der Waals surface area contributed by atoms with Gasteiger partial charge in [-0.1, -0.05) is 41.8 Å². The summed E-state index contributed by atoms with van der Waals surface area (Å²) in [5, 5.41) is 5.81. The van der Waals surface area contributed by atoms with Crippen LogP contribution in [0.3, 0.4) is 0 Å². The highest BCUT2D eigenvalue weighted by Crippen LogP contribution is 2.54. The van der Waals surface area contributed by atoms with E-state index < -0.39 is 0 Å². The van der Waals surface area contributed by atoms with Gasteiger partial charge in [-0.25, -0.2) is 9.07 Å². The lowest BCUT2D eigenvalue weighted by molar-refractivity contribution is -0.139. The number of nitrogens with zero attached hydrogens (tertiary/aromatic N) is 3. The molecule has 3 aliphatic rings. The van der Waals surface area contributed by atoms with Crippen LogP contribution in [-0.2, 0) is 17.8 Å². The maximum Gasteiger partial charge on any atom is 0.226 e. The summed E-state index contributed by atoms with van der Waals surface area (Å²) in [6.45, 7) is 3.51. The molecule has 3 aromatic rings. The molecule has 0 N–H and O–H groups in total. The van der Waals surface area contributed by atoms with Gasteiger partial charge in [-0.15, -0.1) is 0 Å². The predicted octanol–water partition coefficient (Wildman–Crippen LogP) is 7.11. The van der Waals surface area contributed by atoms with Crippen molar-refractivity contribution < 1.29 is 9.18 Å². The lowest BCUT2D eigenvalue weighted by atomic mass is 9.69. The molecule has 0 bridgehead atoms. The second-order valence-corrected chi connectivity index (χ2v) is 11.5. The average molecular weight is 524 g/mol. The fraction of sp³-hybridized carbons (Fsp3) is 0.379. The van der Waals surface area contributed by atoms with Gasteiger partial charge in [0.25, 0.3) is 0 Å². The summed E-state index contributed by atoms with van der Waals surface area (Å²) >= 11 is 12.6. The number of rotatable bonds is 6. The van der Waals surface area contributed by atoms with Crippen LogP contribution in [0.15, 0.2) is 54.2 Å². The maximum absolute atomic E-state index is 14.1. The molecule has 0 unspecified atom stereocenters. The summed E-state index contributed by atoms with van der Waals surface area (Å²) in [5.74, 6) is 0.443. The van der Waals surface area contributed by atoms with Crippen molar-refractivity contribution in [2.75, 3.05) is 6.54 Å². The fourth-order valence-electron chi connectivity index (χ4n) is 5.95. The molecule has 2 saturated carbocycles. The first kappa shape index (κ1) is 23.7. The number of carbonyl (C=O) groups excluding carboxylic acids is 1. The van der Waals surface area contributed by atoms with Gasteiger partial charge >= 0.3 is 0 Å². The SMILES string of the molecule is C[C@]12Cc3cnn(-c4ccc(F)cc4)c3C=C1CC[C@@H]2C(=O)N(Cc1ccc(Cl)cc1Cl)CC1CC1. The minimum Gasteiger partial charge on any atom is -0.338 e. The van der Waals surface area contributed by atoms with Crippen molar-refractivity contribution in [3.05, 3.63) is 86.9 Å². The lowest BCUT2D eigenvalue weighted by Gasteiger charge is -2.38. The Morgan fingerprint density at radius 1 is 1.17 bits per heavy atom. The second-order valence-electron chi connectivity index (χ2n) is 10.7. The van der Waals surface area contributed by atoms with Crippen molar-refractivity contribution in [3.63, 3.8) is 0 Å². The van der Waals surface area contributed by atoms with E-state index in [-0.39, 0.29) is 23.1 Å². The summed E-state index contributed by atoms with van der Waals surface area (Å²) in [6, 6.07) is 11.9. The van der Waals surface area contributed by atoms with Crippen LogP contribution >= 0.6 is 23.2 Å². The fourth-order valence-corrected chi connectivity index (χ4v) is 6.42. The molecular formula is C29H28Cl2FN3O. The number of hydrogen-bond acceptors (Lipinski definition) is 2. The number of allylic oxidation sites excluding steroid dienone is 1. The van der Waals surface area contributed by atoms with E-state index >= 15 is 0 Å². The molecule has 1 heterocycles. The highest BCUT2D eigenvalue weighted by atomic mass is 35.5. The lowest BCUT2D eigenvalue weighted by Crippen LogP contribution is -2.43. The van der Waals surface area contributed by atoms with E-state index in [0.29, 0.717) is 22.5 Å². The zero-order valence-electron chi connectivity index (χ0n) is 20.2. The average Bonchev–Trinajstić information content (AvgIpc) is 3.49. The first-order valence-electron chi connectivity index (χ1n) is 12.6. The van der Waals surface area contributed by atoms with Crippen LogP contribution in [0.1, 0.15) is 49.4 Å². The molecular weight excluding hydrogens is 496 g/mol. The van der Waals surface area contributed by atoms with Crippen molar-refractivity contribution in [3.8, 4) is 5.69 Å². The quantitative estimate of drug-likeness (QED) is 0.345. The Morgan fingerprint density at radius 3 is 2.67 bits per heavy atom. The van der Waals surface area contributed by atoms with E-state index in [0.717, 1.165) is 48.3 Å². The van der Waals surface area contributed by atoms with Crippen LogP contribution in [0.4, 0.5) is 4.39 Å². The highest BCUT2D eigenvalue weighted by molar-refractivity contribution is 6.35. The first-order valence-corrected chi connectivity index (χ1v) is 13.3. The van der Waals surface area contributed by atoms with E-state index in [1.807, 2.05) is 27.9 Å². The van der Waals surface area contributed by atoms with Gasteiger partial charge in [0.05, 0.1) is 17.6 Å². The van der Waals surface area contributed by atoms with Crippen molar-refractivity contribution >= 4 is 35.2 Å². The second kappa shape index (κ2) is 9.04. The van der Waals surface area contributed by atoms with Crippen LogP contribution in [-0.4, -0.2) is 27.1 Å². The van der Waals surface area contributed by atoms with Crippen molar-refractivity contribution in [2.45, 2.75) is 45.6 Å². The standard InChI is InChI=1S/C29H28Cl2FN3O/c1-29-14-20-15-33-35(24-9-7-23(32)8-10-24)27(20)12-21(29)5-11-25(29)28(36)34(16-18-2-3-18)17-19-4-6-22(30)13-26(19)31/h4,6-10,12-13,15,18,25H,2-3,5,11,14,16-17H2,1H3/t25-,29+/m1/s1. The number of halogens is 3. The molecule has 36 heavy (non-hydrogen) atoms. The minimum absolute atomic E-state index is 0.0871. The Bertz CT molecular complexity index is 1360. The molecule has 6 rings (SSSR count). The Hall–Kier alpha value is -2.63. The van der Waals surface area contributed by atoms with Gasteiger partial charge < -0.3 is 4.90 Å². The Kier molecular flexibility index (Phi) is 5.96. The van der Waals surface area contributed by atoms with Crippen LogP contribution in [0.25, 0.3) is 11.8 Å². The van der Waals surface area contributed by atoms with E-state index in [9.17, 15) is 9.18 Å². The molecule has 186 valence electrons. The smallest absolute Gasteiger partial charge is 0.226 e. The van der Waals surface area contributed by atoms with Gasteiger partial charge in [-0.05, 0) is 91.6 Å². The molecule has 2 fully saturated rings. The Morgan fingerprint density at radius 2 is 1.94 bits per heavy atom. The largest absolute Gasteiger partial charge is 0.338 e. The summed E-state index contributed by atoms with van der Waals surface area (Å²) < 4.78 is 15.3. The van der Waals surface area contributed by atoms with Gasteiger partial charge in [0.15, 0.2) is 0 Å². The third-order valence-corrected chi connectivity index (χ3v) is 8.78. The number of benzene rings is 2. The number of fused-ring (bicyclic) bond motifs is 2. The van der Waals surface area contributed by atoms with Gasteiger partial charge in [0.1, 0.15) is 5.82 Å². The van der Waals surface area contributed by atoms with E-state index in [2.05, 4.69) is 18.1 Å². The zero-order valence-corrected chi connectivity index (χ0v) is 21.7. The number of hydrogen-bond donors (Lipinski definition) is 0. The Labute approximate surface area is 220 Å². The summed E-state index contributed by atoms with van der Waals surface area (Å²) in [5.41, 5.74) is 4.98. The van der Waals surface area contributed by atoms with Crippen LogP contribution in [0.5, 0.6) is 0 Å².